The molecule has 1 N–H and O–H groups in total. The van der Waals surface area contributed by atoms with Gasteiger partial charge in [-0.1, -0.05) is 11.6 Å². The molecule has 7 nitrogen and oxygen atoms in total. The lowest BCUT2D eigenvalue weighted by atomic mass is 10.3. The third kappa shape index (κ3) is 4.07. The molecule has 0 aliphatic heterocycles. The summed E-state index contributed by atoms with van der Waals surface area (Å²) in [5.74, 6) is 1.23. The molecule has 0 saturated heterocycles. The van der Waals surface area contributed by atoms with Crippen LogP contribution in [0.25, 0.3) is 0 Å². The summed E-state index contributed by atoms with van der Waals surface area (Å²) < 4.78 is 32.2. The molecule has 0 fully saturated rings. The Hall–Kier alpha value is -2.06. The molecule has 24 heavy (non-hydrogen) atoms. The van der Waals surface area contributed by atoms with E-state index in [9.17, 15) is 8.42 Å². The summed E-state index contributed by atoms with van der Waals surface area (Å²) in [4.78, 5) is 2.03. The second-order valence-electron chi connectivity index (χ2n) is 4.85. The van der Waals surface area contributed by atoms with E-state index in [1.54, 1.807) is 12.1 Å². The standard InChI is InChI=1S/C15H19ClN4O3S/c1-4-20(5-2)15-9-8-14(17-18-15)19-24(21,22)11-6-7-13(23-3)12(16)10-11/h6-10H,4-5H2,1-3H3,(H,17,19). The Morgan fingerprint density at radius 2 is 1.88 bits per heavy atom. The topological polar surface area (TPSA) is 84.4 Å². The van der Waals surface area contributed by atoms with Gasteiger partial charge in [0, 0.05) is 13.1 Å². The van der Waals surface area contributed by atoms with Gasteiger partial charge >= 0.3 is 0 Å². The monoisotopic (exact) mass is 370 g/mol. The van der Waals surface area contributed by atoms with Crippen LogP contribution in [0.1, 0.15) is 13.8 Å². The number of aromatic nitrogens is 2. The highest BCUT2D eigenvalue weighted by molar-refractivity contribution is 7.92. The first-order chi connectivity index (χ1) is 11.4. The van der Waals surface area contributed by atoms with Gasteiger partial charge in [-0.25, -0.2) is 8.42 Å². The van der Waals surface area contributed by atoms with Crippen molar-refractivity contribution in [3.63, 3.8) is 0 Å². The third-order valence-corrected chi connectivity index (χ3v) is 5.06. The predicted octanol–water partition coefficient (Wildman–Crippen LogP) is 2.79. The molecule has 9 heteroatoms. The lowest BCUT2D eigenvalue weighted by Gasteiger charge is -2.18. The molecule has 1 aromatic carbocycles. The molecule has 0 bridgehead atoms. The summed E-state index contributed by atoms with van der Waals surface area (Å²) in [5, 5.41) is 8.18. The Labute approximate surface area is 146 Å². The molecule has 130 valence electrons. The number of methoxy groups -OCH3 is 1. The Morgan fingerprint density at radius 1 is 1.17 bits per heavy atom. The second kappa shape index (κ2) is 7.67. The number of nitrogens with one attached hydrogen (secondary N) is 1. The maximum atomic E-state index is 12.4. The first-order valence-corrected chi connectivity index (χ1v) is 9.22. The van der Waals surface area contributed by atoms with Crippen LogP contribution in [-0.4, -0.2) is 38.8 Å². The van der Waals surface area contributed by atoms with Crippen LogP contribution >= 0.6 is 11.6 Å². The average Bonchev–Trinajstić information content (AvgIpc) is 2.57. The zero-order chi connectivity index (χ0) is 17.7. The summed E-state index contributed by atoms with van der Waals surface area (Å²) in [5.41, 5.74) is 0. The summed E-state index contributed by atoms with van der Waals surface area (Å²) in [7, 11) is -2.35. The van der Waals surface area contributed by atoms with Gasteiger partial charge in [-0.05, 0) is 44.2 Å². The van der Waals surface area contributed by atoms with Gasteiger partial charge in [-0.15, -0.1) is 10.2 Å². The Kier molecular flexibility index (Phi) is 5.84. The zero-order valence-corrected chi connectivity index (χ0v) is 15.2. The van der Waals surface area contributed by atoms with Gasteiger partial charge in [0.2, 0.25) is 0 Å². The maximum Gasteiger partial charge on any atom is 0.263 e. The predicted molar refractivity (Wildman–Crippen MR) is 94.4 cm³/mol. The fourth-order valence-electron chi connectivity index (χ4n) is 2.11. The largest absolute Gasteiger partial charge is 0.495 e. The Balaban J connectivity index is 2.21. The van der Waals surface area contributed by atoms with Crippen LogP contribution in [0.2, 0.25) is 5.02 Å². The second-order valence-corrected chi connectivity index (χ2v) is 6.94. The number of nitrogens with zero attached hydrogens (tertiary/aromatic N) is 3. The van der Waals surface area contributed by atoms with Gasteiger partial charge in [0.05, 0.1) is 17.0 Å². The van der Waals surface area contributed by atoms with Gasteiger partial charge in [0.1, 0.15) is 5.75 Å². The van der Waals surface area contributed by atoms with Gasteiger partial charge in [0.25, 0.3) is 10.0 Å². The fourth-order valence-corrected chi connectivity index (χ4v) is 3.45. The SMILES string of the molecule is CCN(CC)c1ccc(NS(=O)(=O)c2ccc(OC)c(Cl)c2)nn1. The quantitative estimate of drug-likeness (QED) is 0.806. The molecule has 0 saturated carbocycles. The van der Waals surface area contributed by atoms with E-state index < -0.39 is 10.0 Å². The van der Waals surface area contributed by atoms with Crippen LogP contribution in [0.4, 0.5) is 11.6 Å². The molecule has 0 aliphatic carbocycles. The summed E-state index contributed by atoms with van der Waals surface area (Å²) in [6, 6.07) is 7.51. The fraction of sp³-hybridized carbons (Fsp3) is 0.333. The molecular formula is C15H19ClN4O3S. The normalized spacial score (nSPS) is 11.2. The number of ether oxygens (including phenoxy) is 1. The van der Waals surface area contributed by atoms with Crippen LogP contribution in [-0.2, 0) is 10.0 Å². The number of hydrogen-bond acceptors (Lipinski definition) is 6. The van der Waals surface area contributed by atoms with Gasteiger partial charge in [-0.3, -0.25) is 4.72 Å². The lowest BCUT2D eigenvalue weighted by molar-refractivity contribution is 0.414. The van der Waals surface area contributed by atoms with Crippen molar-refractivity contribution >= 4 is 33.3 Å². The summed E-state index contributed by atoms with van der Waals surface area (Å²) >= 11 is 5.98. The highest BCUT2D eigenvalue weighted by atomic mass is 35.5. The molecule has 0 radical (unpaired) electrons. The average molecular weight is 371 g/mol. The van der Waals surface area contributed by atoms with E-state index in [-0.39, 0.29) is 15.7 Å². The first kappa shape index (κ1) is 18.3. The van der Waals surface area contributed by atoms with Crippen molar-refractivity contribution in [1.82, 2.24) is 10.2 Å². The summed E-state index contributed by atoms with van der Waals surface area (Å²) in [6.45, 7) is 5.60. The molecular weight excluding hydrogens is 352 g/mol. The van der Waals surface area contributed by atoms with E-state index in [0.29, 0.717) is 11.6 Å². The molecule has 0 unspecified atom stereocenters. The number of halogens is 1. The van der Waals surface area contributed by atoms with Crippen LogP contribution in [0.5, 0.6) is 5.75 Å². The molecule has 2 rings (SSSR count). The van der Waals surface area contributed by atoms with E-state index in [0.717, 1.165) is 13.1 Å². The Bertz CT molecular complexity index is 793. The number of benzene rings is 1. The number of sulfonamides is 1. The van der Waals surface area contributed by atoms with E-state index in [4.69, 9.17) is 16.3 Å². The van der Waals surface area contributed by atoms with E-state index >= 15 is 0 Å². The molecule has 1 aromatic heterocycles. The highest BCUT2D eigenvalue weighted by Crippen LogP contribution is 2.27. The van der Waals surface area contributed by atoms with Crippen molar-refractivity contribution < 1.29 is 13.2 Å². The minimum absolute atomic E-state index is 0.0166. The van der Waals surface area contributed by atoms with Gasteiger partial charge < -0.3 is 9.64 Å². The zero-order valence-electron chi connectivity index (χ0n) is 13.7. The molecule has 0 atom stereocenters. The van der Waals surface area contributed by atoms with Crippen molar-refractivity contribution in [2.75, 3.05) is 29.8 Å². The Morgan fingerprint density at radius 3 is 2.38 bits per heavy atom. The van der Waals surface area contributed by atoms with Crippen molar-refractivity contribution in [2.24, 2.45) is 0 Å². The van der Waals surface area contributed by atoms with Crippen molar-refractivity contribution in [3.8, 4) is 5.75 Å². The number of rotatable bonds is 7. The smallest absolute Gasteiger partial charge is 0.263 e. The molecule has 0 amide bonds. The van der Waals surface area contributed by atoms with Crippen LogP contribution in [0.15, 0.2) is 35.2 Å². The van der Waals surface area contributed by atoms with Crippen LogP contribution < -0.4 is 14.4 Å². The van der Waals surface area contributed by atoms with Crippen LogP contribution in [0.3, 0.4) is 0 Å². The molecule has 1 heterocycles. The molecule has 0 spiro atoms. The van der Waals surface area contributed by atoms with E-state index in [1.807, 2.05) is 18.7 Å². The van der Waals surface area contributed by atoms with Crippen LogP contribution in [0, 0.1) is 0 Å². The minimum Gasteiger partial charge on any atom is -0.495 e. The first-order valence-electron chi connectivity index (χ1n) is 7.36. The summed E-state index contributed by atoms with van der Waals surface area (Å²) in [6.07, 6.45) is 0. The third-order valence-electron chi connectivity index (χ3n) is 3.41. The van der Waals surface area contributed by atoms with Crippen molar-refractivity contribution in [1.29, 1.82) is 0 Å². The van der Waals surface area contributed by atoms with E-state index in [2.05, 4.69) is 14.9 Å². The lowest BCUT2D eigenvalue weighted by Crippen LogP contribution is -2.23. The molecule has 0 aliphatic rings. The highest BCUT2D eigenvalue weighted by Gasteiger charge is 2.17. The van der Waals surface area contributed by atoms with Gasteiger partial charge in [-0.2, -0.15) is 0 Å². The molecule has 2 aromatic rings. The van der Waals surface area contributed by atoms with Crippen molar-refractivity contribution in [2.45, 2.75) is 18.7 Å². The minimum atomic E-state index is -3.81. The van der Waals surface area contributed by atoms with E-state index in [1.165, 1.54) is 25.3 Å². The maximum absolute atomic E-state index is 12.4. The number of hydrogen-bond donors (Lipinski definition) is 1. The van der Waals surface area contributed by atoms with Gasteiger partial charge in [0.15, 0.2) is 11.6 Å². The number of anilines is 2. The van der Waals surface area contributed by atoms with Crippen molar-refractivity contribution in [3.05, 3.63) is 35.4 Å².